The van der Waals surface area contributed by atoms with E-state index in [1.54, 1.807) is 7.05 Å². The second kappa shape index (κ2) is 10.3. The molecule has 0 spiro atoms. The number of benzene rings is 1. The summed E-state index contributed by atoms with van der Waals surface area (Å²) in [7, 11) is 1.71. The number of ether oxygens (including phenoxy) is 1. The number of guanidine groups is 1. The van der Waals surface area contributed by atoms with Gasteiger partial charge in [-0.2, -0.15) is 0 Å². The molecule has 0 bridgehead atoms. The van der Waals surface area contributed by atoms with Crippen molar-refractivity contribution in [3.05, 3.63) is 35.9 Å². The molecular formula is C20H33N5O2. The summed E-state index contributed by atoms with van der Waals surface area (Å²) in [6.07, 6.45) is 0. The second-order valence-corrected chi connectivity index (χ2v) is 7.68. The Hall–Kier alpha value is -2.12. The van der Waals surface area contributed by atoms with Crippen molar-refractivity contribution in [2.75, 3.05) is 46.4 Å². The zero-order valence-electron chi connectivity index (χ0n) is 16.9. The maximum absolute atomic E-state index is 12.0. The standard InChI is InChI=1S/C20H33N5O2/c1-20(2,3)24-18(26)15-23-19(21-4)22-14-17(16-8-6-5-7-9-16)25-10-12-27-13-11-25/h5-9,17H,10-15H2,1-4H3,(H,24,26)(H2,21,22,23). The maximum atomic E-state index is 12.0. The van der Waals surface area contributed by atoms with Crippen molar-refractivity contribution >= 4 is 11.9 Å². The fraction of sp³-hybridized carbons (Fsp3) is 0.600. The molecule has 150 valence electrons. The first kappa shape index (κ1) is 21.2. The zero-order valence-corrected chi connectivity index (χ0v) is 16.9. The van der Waals surface area contributed by atoms with Crippen LogP contribution >= 0.6 is 0 Å². The molecule has 1 heterocycles. The monoisotopic (exact) mass is 375 g/mol. The van der Waals surface area contributed by atoms with Gasteiger partial charge in [0.1, 0.15) is 0 Å². The molecule has 0 radical (unpaired) electrons. The van der Waals surface area contributed by atoms with Crippen LogP contribution in [0.3, 0.4) is 0 Å². The predicted molar refractivity (Wildman–Crippen MR) is 109 cm³/mol. The lowest BCUT2D eigenvalue weighted by Crippen LogP contribution is -2.50. The Morgan fingerprint density at radius 3 is 2.44 bits per heavy atom. The average molecular weight is 376 g/mol. The Morgan fingerprint density at radius 1 is 1.19 bits per heavy atom. The molecule has 2 rings (SSSR count). The van der Waals surface area contributed by atoms with Gasteiger partial charge in [-0.05, 0) is 26.3 Å². The lowest BCUT2D eigenvalue weighted by molar-refractivity contribution is -0.121. The summed E-state index contributed by atoms with van der Waals surface area (Å²) in [5.74, 6) is 0.562. The topological polar surface area (TPSA) is 78.0 Å². The number of hydrogen-bond donors (Lipinski definition) is 3. The number of carbonyl (C=O) groups excluding carboxylic acids is 1. The molecule has 1 aliphatic rings. The molecule has 0 aliphatic carbocycles. The van der Waals surface area contributed by atoms with Gasteiger partial charge in [-0.1, -0.05) is 30.3 Å². The molecule has 1 aromatic rings. The van der Waals surface area contributed by atoms with E-state index in [1.165, 1.54) is 5.56 Å². The van der Waals surface area contributed by atoms with Crippen LogP contribution in [-0.2, 0) is 9.53 Å². The van der Waals surface area contributed by atoms with Gasteiger partial charge in [0.05, 0.1) is 25.8 Å². The van der Waals surface area contributed by atoms with Crippen LogP contribution in [-0.4, -0.2) is 68.7 Å². The van der Waals surface area contributed by atoms with Crippen LogP contribution in [0.2, 0.25) is 0 Å². The highest BCUT2D eigenvalue weighted by Crippen LogP contribution is 2.20. The number of morpholine rings is 1. The summed E-state index contributed by atoms with van der Waals surface area (Å²) >= 11 is 0. The van der Waals surface area contributed by atoms with Crippen molar-refractivity contribution in [3.8, 4) is 0 Å². The van der Waals surface area contributed by atoms with Gasteiger partial charge in [-0.15, -0.1) is 0 Å². The van der Waals surface area contributed by atoms with Crippen LogP contribution < -0.4 is 16.0 Å². The minimum atomic E-state index is -0.246. The lowest BCUT2D eigenvalue weighted by Gasteiger charge is -2.35. The molecule has 1 aromatic carbocycles. The van der Waals surface area contributed by atoms with Crippen molar-refractivity contribution in [3.63, 3.8) is 0 Å². The van der Waals surface area contributed by atoms with Crippen LogP contribution in [0.5, 0.6) is 0 Å². The van der Waals surface area contributed by atoms with E-state index in [0.717, 1.165) is 26.3 Å². The Labute approximate surface area is 162 Å². The van der Waals surface area contributed by atoms with Crippen molar-refractivity contribution in [2.24, 2.45) is 4.99 Å². The molecule has 1 aliphatic heterocycles. The molecule has 7 heteroatoms. The molecule has 0 saturated carbocycles. The van der Waals surface area contributed by atoms with E-state index >= 15 is 0 Å². The predicted octanol–water partition coefficient (Wildman–Crippen LogP) is 1.14. The quantitative estimate of drug-likeness (QED) is 0.513. The number of nitrogens with one attached hydrogen (secondary N) is 3. The van der Waals surface area contributed by atoms with E-state index in [0.29, 0.717) is 12.5 Å². The van der Waals surface area contributed by atoms with Gasteiger partial charge in [0, 0.05) is 32.2 Å². The van der Waals surface area contributed by atoms with Gasteiger partial charge in [-0.25, -0.2) is 0 Å². The van der Waals surface area contributed by atoms with Crippen LogP contribution in [0.15, 0.2) is 35.3 Å². The fourth-order valence-corrected chi connectivity index (χ4v) is 3.06. The molecule has 1 unspecified atom stereocenters. The number of amides is 1. The first-order valence-electron chi connectivity index (χ1n) is 9.51. The Morgan fingerprint density at radius 2 is 1.85 bits per heavy atom. The summed E-state index contributed by atoms with van der Waals surface area (Å²) in [5.41, 5.74) is 1.01. The maximum Gasteiger partial charge on any atom is 0.239 e. The van der Waals surface area contributed by atoms with Crippen LogP contribution in [0, 0.1) is 0 Å². The SMILES string of the molecule is CN=C(NCC(=O)NC(C)(C)C)NCC(c1ccccc1)N1CCOCC1. The molecule has 27 heavy (non-hydrogen) atoms. The van der Waals surface area contributed by atoms with Crippen LogP contribution in [0.25, 0.3) is 0 Å². The van der Waals surface area contributed by atoms with Crippen LogP contribution in [0.4, 0.5) is 0 Å². The highest BCUT2D eigenvalue weighted by atomic mass is 16.5. The minimum absolute atomic E-state index is 0.0572. The lowest BCUT2D eigenvalue weighted by atomic mass is 10.0. The molecule has 1 amide bonds. The average Bonchev–Trinajstić information content (AvgIpc) is 2.64. The number of nitrogens with zero attached hydrogens (tertiary/aromatic N) is 2. The van der Waals surface area contributed by atoms with E-state index in [2.05, 4.69) is 50.1 Å². The van der Waals surface area contributed by atoms with Crippen molar-refractivity contribution in [1.82, 2.24) is 20.9 Å². The highest BCUT2D eigenvalue weighted by molar-refractivity contribution is 5.86. The Kier molecular flexibility index (Phi) is 8.06. The summed E-state index contributed by atoms with van der Waals surface area (Å²) < 4.78 is 5.49. The highest BCUT2D eigenvalue weighted by Gasteiger charge is 2.23. The number of aliphatic imine (C=N–C) groups is 1. The van der Waals surface area contributed by atoms with E-state index < -0.39 is 0 Å². The number of hydrogen-bond acceptors (Lipinski definition) is 4. The van der Waals surface area contributed by atoms with Gasteiger partial charge in [-0.3, -0.25) is 14.7 Å². The van der Waals surface area contributed by atoms with Crippen molar-refractivity contribution < 1.29 is 9.53 Å². The molecule has 7 nitrogen and oxygen atoms in total. The first-order valence-corrected chi connectivity index (χ1v) is 9.51. The molecule has 1 atom stereocenters. The molecule has 1 saturated heterocycles. The number of rotatable bonds is 6. The molecule has 1 fully saturated rings. The summed E-state index contributed by atoms with van der Waals surface area (Å²) in [5, 5.41) is 9.38. The molecular weight excluding hydrogens is 342 g/mol. The molecule has 0 aromatic heterocycles. The van der Waals surface area contributed by atoms with Gasteiger partial charge < -0.3 is 20.7 Å². The summed E-state index contributed by atoms with van der Waals surface area (Å²) in [4.78, 5) is 18.7. The smallest absolute Gasteiger partial charge is 0.239 e. The third-order valence-corrected chi connectivity index (χ3v) is 4.29. The second-order valence-electron chi connectivity index (χ2n) is 7.68. The van der Waals surface area contributed by atoms with Gasteiger partial charge in [0.15, 0.2) is 5.96 Å². The third kappa shape index (κ3) is 7.56. The Bertz CT molecular complexity index is 607. The minimum Gasteiger partial charge on any atom is -0.379 e. The van der Waals surface area contributed by atoms with Crippen molar-refractivity contribution in [1.29, 1.82) is 0 Å². The van der Waals surface area contributed by atoms with E-state index in [9.17, 15) is 4.79 Å². The Balaban J connectivity index is 1.93. The summed E-state index contributed by atoms with van der Waals surface area (Å²) in [6.45, 7) is 10.1. The normalized spacial score (nSPS) is 17.3. The summed E-state index contributed by atoms with van der Waals surface area (Å²) in [6, 6.07) is 10.7. The third-order valence-electron chi connectivity index (χ3n) is 4.29. The zero-order chi connectivity index (χ0) is 19.7. The van der Waals surface area contributed by atoms with Crippen molar-refractivity contribution in [2.45, 2.75) is 32.4 Å². The van der Waals surface area contributed by atoms with E-state index in [-0.39, 0.29) is 24.0 Å². The van der Waals surface area contributed by atoms with Gasteiger partial charge in [0.25, 0.3) is 0 Å². The van der Waals surface area contributed by atoms with Gasteiger partial charge >= 0.3 is 0 Å². The number of carbonyl (C=O) groups is 1. The molecule has 3 N–H and O–H groups in total. The van der Waals surface area contributed by atoms with Crippen LogP contribution in [0.1, 0.15) is 32.4 Å². The fourth-order valence-electron chi connectivity index (χ4n) is 3.06. The van der Waals surface area contributed by atoms with E-state index in [4.69, 9.17) is 4.74 Å². The first-order chi connectivity index (χ1) is 12.9. The van der Waals surface area contributed by atoms with Gasteiger partial charge in [0.2, 0.25) is 5.91 Å². The largest absolute Gasteiger partial charge is 0.379 e. The van der Waals surface area contributed by atoms with E-state index in [1.807, 2.05) is 26.8 Å².